The fourth-order valence-electron chi connectivity index (χ4n) is 0.848. The van der Waals surface area contributed by atoms with E-state index in [-0.39, 0.29) is 6.42 Å². The van der Waals surface area contributed by atoms with Gasteiger partial charge in [-0.3, -0.25) is 0 Å². The summed E-state index contributed by atoms with van der Waals surface area (Å²) in [5, 5.41) is 0. The summed E-state index contributed by atoms with van der Waals surface area (Å²) in [5.74, 6) is 0.318. The number of aromatic nitrogens is 2. The molecule has 1 atom stereocenters. The van der Waals surface area contributed by atoms with E-state index in [1.54, 1.807) is 0 Å². The van der Waals surface area contributed by atoms with Crippen molar-refractivity contribution in [2.24, 2.45) is 5.73 Å². The van der Waals surface area contributed by atoms with Crippen LogP contribution in [0.5, 0.6) is 0 Å². The van der Waals surface area contributed by atoms with Crippen molar-refractivity contribution in [1.82, 2.24) is 9.97 Å². The monoisotopic (exact) mass is 265 g/mol. The van der Waals surface area contributed by atoms with E-state index in [0.29, 0.717) is 10.3 Å². The third-order valence-electron chi connectivity index (χ3n) is 1.71. The summed E-state index contributed by atoms with van der Waals surface area (Å²) in [5.41, 5.74) is 3.81. The van der Waals surface area contributed by atoms with Gasteiger partial charge >= 0.3 is 0 Å². The molecule has 1 rings (SSSR count). The van der Waals surface area contributed by atoms with Crippen LogP contribution in [0.25, 0.3) is 0 Å². The second-order valence-corrected chi connectivity index (χ2v) is 4.22. The van der Waals surface area contributed by atoms with Gasteiger partial charge in [0.25, 0.3) is 6.43 Å². The van der Waals surface area contributed by atoms with Gasteiger partial charge in [0, 0.05) is 18.8 Å². The fraction of sp³-hybridized carbons (Fsp3) is 0.500. The standard InChI is InChI=1S/C8H10BrF2N3/c1-8(12,7(10)11)2-6-13-3-5(9)4-14-6/h3-4,7H,2,12H2,1H3. The molecule has 1 unspecified atom stereocenters. The number of alkyl halides is 2. The molecule has 0 radical (unpaired) electrons. The number of nitrogens with zero attached hydrogens (tertiary/aromatic N) is 2. The molecule has 0 spiro atoms. The maximum atomic E-state index is 12.4. The number of halogens is 3. The zero-order valence-electron chi connectivity index (χ0n) is 7.54. The number of hydrogen-bond acceptors (Lipinski definition) is 3. The van der Waals surface area contributed by atoms with Gasteiger partial charge in [-0.25, -0.2) is 18.7 Å². The Morgan fingerprint density at radius 1 is 1.50 bits per heavy atom. The van der Waals surface area contributed by atoms with Crippen LogP contribution in [0.15, 0.2) is 16.9 Å². The van der Waals surface area contributed by atoms with Gasteiger partial charge in [0.1, 0.15) is 5.82 Å². The van der Waals surface area contributed by atoms with Crippen molar-refractivity contribution in [3.63, 3.8) is 0 Å². The lowest BCUT2D eigenvalue weighted by Crippen LogP contribution is -2.46. The molecule has 2 N–H and O–H groups in total. The first-order valence-electron chi connectivity index (χ1n) is 3.95. The highest BCUT2D eigenvalue weighted by atomic mass is 79.9. The summed E-state index contributed by atoms with van der Waals surface area (Å²) in [6.45, 7) is 1.28. The summed E-state index contributed by atoms with van der Waals surface area (Å²) in [4.78, 5) is 7.75. The van der Waals surface area contributed by atoms with Gasteiger partial charge in [-0.15, -0.1) is 0 Å². The Morgan fingerprint density at radius 2 is 2.00 bits per heavy atom. The van der Waals surface area contributed by atoms with Gasteiger partial charge in [0.05, 0.1) is 10.0 Å². The molecule has 0 bridgehead atoms. The van der Waals surface area contributed by atoms with Gasteiger partial charge in [0.2, 0.25) is 0 Å². The zero-order chi connectivity index (χ0) is 10.8. The summed E-state index contributed by atoms with van der Waals surface area (Å²) in [7, 11) is 0. The minimum absolute atomic E-state index is 0.0437. The van der Waals surface area contributed by atoms with Crippen molar-refractivity contribution in [1.29, 1.82) is 0 Å². The van der Waals surface area contributed by atoms with Crippen LogP contribution in [0.3, 0.4) is 0 Å². The molecule has 14 heavy (non-hydrogen) atoms. The summed E-state index contributed by atoms with van der Waals surface area (Å²) in [6.07, 6.45) is 0.376. The van der Waals surface area contributed by atoms with Crippen LogP contribution < -0.4 is 5.73 Å². The molecule has 3 nitrogen and oxygen atoms in total. The summed E-state index contributed by atoms with van der Waals surface area (Å²) >= 11 is 3.15. The topological polar surface area (TPSA) is 51.8 Å². The van der Waals surface area contributed by atoms with Crippen molar-refractivity contribution >= 4 is 15.9 Å². The summed E-state index contributed by atoms with van der Waals surface area (Å²) in [6, 6.07) is 0. The third kappa shape index (κ3) is 2.95. The van der Waals surface area contributed by atoms with E-state index in [2.05, 4.69) is 25.9 Å². The van der Waals surface area contributed by atoms with Crippen LogP contribution in [0.1, 0.15) is 12.7 Å². The SMILES string of the molecule is CC(N)(Cc1ncc(Br)cn1)C(F)F. The highest BCUT2D eigenvalue weighted by Gasteiger charge is 2.31. The fourth-order valence-corrected chi connectivity index (χ4v) is 1.05. The van der Waals surface area contributed by atoms with E-state index >= 15 is 0 Å². The molecule has 1 aromatic rings. The lowest BCUT2D eigenvalue weighted by Gasteiger charge is -2.22. The second-order valence-electron chi connectivity index (χ2n) is 3.30. The molecule has 1 aromatic heterocycles. The molecule has 0 aliphatic carbocycles. The minimum Gasteiger partial charge on any atom is -0.320 e. The van der Waals surface area contributed by atoms with E-state index in [4.69, 9.17) is 5.73 Å². The molecule has 6 heteroatoms. The van der Waals surface area contributed by atoms with E-state index < -0.39 is 12.0 Å². The van der Waals surface area contributed by atoms with Crippen molar-refractivity contribution in [2.75, 3.05) is 0 Å². The minimum atomic E-state index is -2.59. The highest BCUT2D eigenvalue weighted by molar-refractivity contribution is 9.10. The van der Waals surface area contributed by atoms with Crippen LogP contribution in [0.4, 0.5) is 8.78 Å². The van der Waals surface area contributed by atoms with Gasteiger partial charge in [-0.05, 0) is 22.9 Å². The molecule has 0 fully saturated rings. The Kier molecular flexibility index (Phi) is 3.49. The Bertz CT molecular complexity index is 300. The molecule has 78 valence electrons. The number of hydrogen-bond donors (Lipinski definition) is 1. The molecule has 0 amide bonds. The average molecular weight is 266 g/mol. The quantitative estimate of drug-likeness (QED) is 0.907. The van der Waals surface area contributed by atoms with Crippen molar-refractivity contribution in [3.8, 4) is 0 Å². The van der Waals surface area contributed by atoms with Gasteiger partial charge in [-0.1, -0.05) is 0 Å². The Morgan fingerprint density at radius 3 is 2.43 bits per heavy atom. The average Bonchev–Trinajstić information content (AvgIpc) is 2.08. The van der Waals surface area contributed by atoms with E-state index in [1.165, 1.54) is 19.3 Å². The molecular formula is C8H10BrF2N3. The van der Waals surface area contributed by atoms with E-state index in [1.807, 2.05) is 0 Å². The lowest BCUT2D eigenvalue weighted by atomic mass is 10.00. The molecule has 0 saturated carbocycles. The summed E-state index contributed by atoms with van der Waals surface area (Å²) < 4.78 is 25.5. The second kappa shape index (κ2) is 4.27. The van der Waals surface area contributed by atoms with Crippen LogP contribution in [0, 0.1) is 0 Å². The lowest BCUT2D eigenvalue weighted by molar-refractivity contribution is 0.0628. The zero-order valence-corrected chi connectivity index (χ0v) is 9.13. The van der Waals surface area contributed by atoms with Crippen LogP contribution in [-0.4, -0.2) is 21.9 Å². The predicted octanol–water partition coefficient (Wildman–Crippen LogP) is 1.76. The van der Waals surface area contributed by atoms with Gasteiger partial charge in [0.15, 0.2) is 0 Å². The van der Waals surface area contributed by atoms with Crippen molar-refractivity contribution in [3.05, 3.63) is 22.7 Å². The molecule has 0 aromatic carbocycles. The van der Waals surface area contributed by atoms with Gasteiger partial charge < -0.3 is 5.73 Å². The Labute approximate surface area is 88.9 Å². The first-order valence-corrected chi connectivity index (χ1v) is 4.74. The Balaban J connectivity index is 2.74. The maximum Gasteiger partial charge on any atom is 0.256 e. The predicted molar refractivity (Wildman–Crippen MR) is 52.0 cm³/mol. The first kappa shape index (κ1) is 11.5. The van der Waals surface area contributed by atoms with Crippen LogP contribution in [0.2, 0.25) is 0 Å². The first-order chi connectivity index (χ1) is 6.42. The molecule has 0 aliphatic heterocycles. The molecule has 0 saturated heterocycles. The maximum absolute atomic E-state index is 12.4. The molecular weight excluding hydrogens is 256 g/mol. The van der Waals surface area contributed by atoms with Crippen LogP contribution >= 0.6 is 15.9 Å². The highest BCUT2D eigenvalue weighted by Crippen LogP contribution is 2.16. The van der Waals surface area contributed by atoms with Crippen molar-refractivity contribution < 1.29 is 8.78 Å². The van der Waals surface area contributed by atoms with Gasteiger partial charge in [-0.2, -0.15) is 0 Å². The van der Waals surface area contributed by atoms with Crippen LogP contribution in [-0.2, 0) is 6.42 Å². The largest absolute Gasteiger partial charge is 0.320 e. The normalized spacial score (nSPS) is 15.6. The van der Waals surface area contributed by atoms with E-state index in [0.717, 1.165) is 0 Å². The smallest absolute Gasteiger partial charge is 0.256 e. The molecule has 0 aliphatic rings. The Hall–Kier alpha value is -0.620. The third-order valence-corrected chi connectivity index (χ3v) is 2.12. The van der Waals surface area contributed by atoms with Crippen molar-refractivity contribution in [2.45, 2.75) is 25.3 Å². The number of nitrogens with two attached hydrogens (primary N) is 1. The molecule has 1 heterocycles. The van der Waals surface area contributed by atoms with E-state index in [9.17, 15) is 8.78 Å². The number of rotatable bonds is 3.